The molecule has 116 valence electrons. The van der Waals surface area contributed by atoms with Crippen LogP contribution in [-0.4, -0.2) is 41.5 Å². The third-order valence-corrected chi connectivity index (χ3v) is 4.39. The summed E-state index contributed by atoms with van der Waals surface area (Å²) in [5.74, 6) is 0. The molecule has 3 N–H and O–H groups in total. The molecular formula is C15H28N2O3. The second-order valence-electron chi connectivity index (χ2n) is 6.54. The molecule has 0 aromatic carbocycles. The molecule has 1 aliphatic carbocycles. The molecule has 2 atom stereocenters. The minimum Gasteiger partial charge on any atom is -0.388 e. The van der Waals surface area contributed by atoms with Crippen molar-refractivity contribution < 1.29 is 14.6 Å². The van der Waals surface area contributed by atoms with E-state index in [4.69, 9.17) is 4.74 Å². The van der Waals surface area contributed by atoms with Crippen LogP contribution in [0.5, 0.6) is 0 Å². The first-order valence-corrected chi connectivity index (χ1v) is 7.89. The molecule has 1 heterocycles. The molecule has 2 unspecified atom stereocenters. The molecule has 5 heteroatoms. The van der Waals surface area contributed by atoms with Crippen LogP contribution < -0.4 is 10.6 Å². The van der Waals surface area contributed by atoms with Gasteiger partial charge in [0.15, 0.2) is 0 Å². The third kappa shape index (κ3) is 4.63. The van der Waals surface area contributed by atoms with Crippen molar-refractivity contribution in [1.82, 2.24) is 10.6 Å². The average molecular weight is 284 g/mol. The first-order chi connectivity index (χ1) is 9.47. The minimum absolute atomic E-state index is 0.162. The van der Waals surface area contributed by atoms with Crippen molar-refractivity contribution in [1.29, 1.82) is 0 Å². The van der Waals surface area contributed by atoms with Crippen LogP contribution >= 0.6 is 0 Å². The van der Waals surface area contributed by atoms with Crippen LogP contribution in [0.3, 0.4) is 0 Å². The maximum atomic E-state index is 11.9. The zero-order chi connectivity index (χ0) is 14.6. The molecule has 1 aliphatic heterocycles. The zero-order valence-corrected chi connectivity index (χ0v) is 12.7. The van der Waals surface area contributed by atoms with Gasteiger partial charge in [0.05, 0.1) is 17.8 Å². The summed E-state index contributed by atoms with van der Waals surface area (Å²) in [6, 6.07) is -0.00922. The Morgan fingerprint density at radius 2 is 1.80 bits per heavy atom. The Hall–Kier alpha value is -0.810. The largest absolute Gasteiger partial charge is 0.388 e. The summed E-state index contributed by atoms with van der Waals surface area (Å²) in [5, 5.41) is 16.2. The maximum Gasteiger partial charge on any atom is 0.315 e. The maximum absolute atomic E-state index is 11.9. The van der Waals surface area contributed by atoms with Crippen LogP contribution in [0.25, 0.3) is 0 Å². The number of hydrogen-bond donors (Lipinski definition) is 3. The van der Waals surface area contributed by atoms with E-state index in [9.17, 15) is 9.90 Å². The van der Waals surface area contributed by atoms with Crippen molar-refractivity contribution in [3.05, 3.63) is 0 Å². The number of rotatable bonds is 3. The Morgan fingerprint density at radius 1 is 1.20 bits per heavy atom. The number of hydrogen-bond acceptors (Lipinski definition) is 3. The summed E-state index contributed by atoms with van der Waals surface area (Å²) in [6.07, 6.45) is 6.94. The highest BCUT2D eigenvalue weighted by Gasteiger charge is 2.30. The van der Waals surface area contributed by atoms with Crippen LogP contribution in [0.2, 0.25) is 0 Å². The Labute approximate surface area is 121 Å². The van der Waals surface area contributed by atoms with E-state index in [2.05, 4.69) is 10.6 Å². The molecular weight excluding hydrogens is 256 g/mol. The highest BCUT2D eigenvalue weighted by atomic mass is 16.5. The van der Waals surface area contributed by atoms with Gasteiger partial charge in [-0.3, -0.25) is 0 Å². The number of urea groups is 1. The number of nitrogens with one attached hydrogen (secondary N) is 2. The van der Waals surface area contributed by atoms with Crippen LogP contribution in [0.15, 0.2) is 0 Å². The van der Waals surface area contributed by atoms with Crippen LogP contribution in [0.1, 0.15) is 58.8 Å². The summed E-state index contributed by atoms with van der Waals surface area (Å²) in [4.78, 5) is 11.9. The summed E-state index contributed by atoms with van der Waals surface area (Å²) in [7, 11) is 0. The number of carbonyl (C=O) groups excluding carboxylic acids is 1. The monoisotopic (exact) mass is 284 g/mol. The van der Waals surface area contributed by atoms with Gasteiger partial charge < -0.3 is 20.5 Å². The molecule has 2 amide bonds. The minimum atomic E-state index is -0.703. The fourth-order valence-electron chi connectivity index (χ4n) is 3.39. The summed E-state index contributed by atoms with van der Waals surface area (Å²) in [5.41, 5.74) is -0.703. The molecule has 20 heavy (non-hydrogen) atoms. The predicted molar refractivity (Wildman–Crippen MR) is 77.6 cm³/mol. The molecule has 0 bridgehead atoms. The van der Waals surface area contributed by atoms with Crippen LogP contribution in [-0.2, 0) is 4.74 Å². The van der Waals surface area contributed by atoms with E-state index in [1.54, 1.807) is 0 Å². The Morgan fingerprint density at radius 3 is 2.40 bits per heavy atom. The number of aliphatic hydroxyl groups is 1. The van der Waals surface area contributed by atoms with Gasteiger partial charge in [0.1, 0.15) is 0 Å². The topological polar surface area (TPSA) is 70.6 Å². The quantitative estimate of drug-likeness (QED) is 0.741. The van der Waals surface area contributed by atoms with Crippen LogP contribution in [0.4, 0.5) is 4.79 Å². The van der Waals surface area contributed by atoms with E-state index in [1.165, 1.54) is 6.42 Å². The fraction of sp³-hybridized carbons (Fsp3) is 0.933. The lowest BCUT2D eigenvalue weighted by Crippen LogP contribution is -2.51. The van der Waals surface area contributed by atoms with Crippen molar-refractivity contribution in [2.45, 2.75) is 82.6 Å². The van der Waals surface area contributed by atoms with E-state index in [0.717, 1.165) is 38.5 Å². The van der Waals surface area contributed by atoms with E-state index in [-0.39, 0.29) is 24.3 Å². The van der Waals surface area contributed by atoms with Crippen molar-refractivity contribution >= 4 is 6.03 Å². The lowest BCUT2D eigenvalue weighted by molar-refractivity contribution is -0.0404. The van der Waals surface area contributed by atoms with Crippen molar-refractivity contribution in [3.8, 4) is 0 Å². The highest BCUT2D eigenvalue weighted by Crippen LogP contribution is 2.27. The summed E-state index contributed by atoms with van der Waals surface area (Å²) in [6.45, 7) is 4.42. The first-order valence-electron chi connectivity index (χ1n) is 7.89. The number of amides is 2. The summed E-state index contributed by atoms with van der Waals surface area (Å²) >= 11 is 0. The van der Waals surface area contributed by atoms with Gasteiger partial charge in [0, 0.05) is 12.6 Å². The van der Waals surface area contributed by atoms with Crippen LogP contribution in [0, 0.1) is 0 Å². The third-order valence-electron chi connectivity index (χ3n) is 4.39. The molecule has 0 aromatic heterocycles. The van der Waals surface area contributed by atoms with Gasteiger partial charge in [0.2, 0.25) is 0 Å². The summed E-state index contributed by atoms with van der Waals surface area (Å²) < 4.78 is 5.66. The molecule has 1 saturated carbocycles. The second kappa shape index (κ2) is 6.76. The number of ether oxygens (including phenoxy) is 1. The Kier molecular flexibility index (Phi) is 5.27. The van der Waals surface area contributed by atoms with Gasteiger partial charge in [-0.1, -0.05) is 19.3 Å². The predicted octanol–water partition coefficient (Wildman–Crippen LogP) is 1.94. The highest BCUT2D eigenvalue weighted by molar-refractivity contribution is 5.74. The molecule has 0 radical (unpaired) electrons. The molecule has 5 nitrogen and oxygen atoms in total. The standard InChI is InChI=1S/C15H28N2O3/c1-11-8-13(9-12(2)20-11)17-14(18)16-10-15(19)6-4-3-5-7-15/h11-13,19H,3-10H2,1-2H3,(H2,16,17,18). The van der Waals surface area contributed by atoms with E-state index < -0.39 is 5.60 Å². The smallest absolute Gasteiger partial charge is 0.315 e. The van der Waals surface area contributed by atoms with Gasteiger partial charge >= 0.3 is 6.03 Å². The fourth-order valence-corrected chi connectivity index (χ4v) is 3.39. The van der Waals surface area contributed by atoms with Gasteiger partial charge in [-0.25, -0.2) is 4.79 Å². The second-order valence-corrected chi connectivity index (χ2v) is 6.54. The van der Waals surface area contributed by atoms with E-state index in [1.807, 2.05) is 13.8 Å². The number of carbonyl (C=O) groups is 1. The van der Waals surface area contributed by atoms with E-state index in [0.29, 0.717) is 6.54 Å². The molecule has 1 saturated heterocycles. The zero-order valence-electron chi connectivity index (χ0n) is 12.7. The van der Waals surface area contributed by atoms with Gasteiger partial charge in [-0.05, 0) is 39.5 Å². The lowest BCUT2D eigenvalue weighted by atomic mass is 9.85. The van der Waals surface area contributed by atoms with Gasteiger partial charge in [0.25, 0.3) is 0 Å². The molecule has 2 fully saturated rings. The lowest BCUT2D eigenvalue weighted by Gasteiger charge is -2.34. The van der Waals surface area contributed by atoms with Gasteiger partial charge in [-0.2, -0.15) is 0 Å². The molecule has 2 aliphatic rings. The normalized spacial score (nSPS) is 33.5. The molecule has 0 spiro atoms. The van der Waals surface area contributed by atoms with Crippen molar-refractivity contribution in [2.75, 3.05) is 6.54 Å². The Balaban J connectivity index is 1.72. The van der Waals surface area contributed by atoms with E-state index >= 15 is 0 Å². The first kappa shape index (κ1) is 15.6. The molecule has 0 aromatic rings. The van der Waals surface area contributed by atoms with Crippen molar-refractivity contribution in [2.24, 2.45) is 0 Å². The average Bonchev–Trinajstić information content (AvgIpc) is 2.36. The van der Waals surface area contributed by atoms with Crippen molar-refractivity contribution in [3.63, 3.8) is 0 Å². The molecule has 2 rings (SSSR count). The Bertz CT molecular complexity index is 319. The van der Waals surface area contributed by atoms with Gasteiger partial charge in [-0.15, -0.1) is 0 Å². The SMILES string of the molecule is CC1CC(NC(=O)NCC2(O)CCCCC2)CC(C)O1.